The van der Waals surface area contributed by atoms with Gasteiger partial charge in [-0.15, -0.1) is 0 Å². The van der Waals surface area contributed by atoms with E-state index in [4.69, 9.17) is 4.74 Å². The zero-order chi connectivity index (χ0) is 12.0. The number of fused-ring (bicyclic) bond motifs is 5. The van der Waals surface area contributed by atoms with Crippen molar-refractivity contribution in [2.75, 3.05) is 6.61 Å². The van der Waals surface area contributed by atoms with Crippen molar-refractivity contribution in [1.82, 2.24) is 0 Å². The molecule has 0 bridgehead atoms. The molecule has 0 unspecified atom stereocenters. The molecule has 2 aromatic rings. The number of allylic oxidation sites excluding steroid dienone is 1. The van der Waals surface area contributed by atoms with Crippen molar-refractivity contribution in [1.29, 1.82) is 0 Å². The molecule has 1 nitrogen and oxygen atoms in total. The van der Waals surface area contributed by atoms with Crippen LogP contribution in [0.25, 0.3) is 11.1 Å². The quantitative estimate of drug-likeness (QED) is 0.672. The average Bonchev–Trinajstić information content (AvgIpc) is 2.72. The van der Waals surface area contributed by atoms with E-state index in [1.54, 1.807) is 0 Å². The van der Waals surface area contributed by atoms with Crippen LogP contribution in [0.1, 0.15) is 17.5 Å². The van der Waals surface area contributed by atoms with Crippen LogP contribution in [-0.2, 0) is 10.2 Å². The van der Waals surface area contributed by atoms with Gasteiger partial charge in [-0.3, -0.25) is 0 Å². The van der Waals surface area contributed by atoms with Crippen LogP contribution >= 0.6 is 0 Å². The molecule has 0 atom stereocenters. The predicted octanol–water partition coefficient (Wildman–Crippen LogP) is 3.89. The van der Waals surface area contributed by atoms with E-state index in [-0.39, 0.29) is 5.41 Å². The van der Waals surface area contributed by atoms with E-state index in [0.29, 0.717) is 0 Å². The summed E-state index contributed by atoms with van der Waals surface area (Å²) in [5, 5.41) is 0. The van der Waals surface area contributed by atoms with Crippen LogP contribution in [0.2, 0.25) is 0 Å². The van der Waals surface area contributed by atoms with Crippen LogP contribution in [0, 0.1) is 0 Å². The van der Waals surface area contributed by atoms with Crippen LogP contribution in [-0.4, -0.2) is 6.61 Å². The lowest BCUT2D eigenvalue weighted by molar-refractivity contribution is 0.207. The summed E-state index contributed by atoms with van der Waals surface area (Å²) in [5.41, 5.74) is 5.63. The summed E-state index contributed by atoms with van der Waals surface area (Å²) in [6.45, 7) is 0.791. The van der Waals surface area contributed by atoms with Crippen molar-refractivity contribution in [3.05, 3.63) is 72.0 Å². The standard InChI is InChI=1S/C17H14O/c1-3-7-15-13(5-1)14-6-2-4-8-16(14)17(15)9-11-18-12-10-17/h1-9,11H,10,12H2. The molecular weight excluding hydrogens is 220 g/mol. The van der Waals surface area contributed by atoms with Gasteiger partial charge in [-0.1, -0.05) is 48.5 Å². The Labute approximate surface area is 107 Å². The largest absolute Gasteiger partial charge is 0.501 e. The number of rotatable bonds is 0. The van der Waals surface area contributed by atoms with Gasteiger partial charge in [0.2, 0.25) is 0 Å². The SMILES string of the molecule is C1=CC2(CCO1)c1ccccc1-c1ccccc12. The van der Waals surface area contributed by atoms with Gasteiger partial charge < -0.3 is 4.74 Å². The van der Waals surface area contributed by atoms with Gasteiger partial charge in [0.15, 0.2) is 0 Å². The molecule has 0 saturated carbocycles. The topological polar surface area (TPSA) is 9.23 Å². The Hall–Kier alpha value is -2.02. The lowest BCUT2D eigenvalue weighted by atomic mass is 9.75. The highest BCUT2D eigenvalue weighted by atomic mass is 16.5. The first-order valence-electron chi connectivity index (χ1n) is 6.40. The number of hydrogen-bond acceptors (Lipinski definition) is 1. The molecule has 1 aliphatic heterocycles. The normalized spacial score (nSPS) is 18.2. The van der Waals surface area contributed by atoms with E-state index in [1.807, 2.05) is 6.26 Å². The van der Waals surface area contributed by atoms with E-state index < -0.39 is 0 Å². The molecule has 0 radical (unpaired) electrons. The van der Waals surface area contributed by atoms with Gasteiger partial charge in [0, 0.05) is 5.41 Å². The first kappa shape index (κ1) is 9.95. The fourth-order valence-electron chi connectivity index (χ4n) is 3.34. The van der Waals surface area contributed by atoms with Crippen molar-refractivity contribution in [3.63, 3.8) is 0 Å². The summed E-state index contributed by atoms with van der Waals surface area (Å²) in [7, 11) is 0. The molecule has 18 heavy (non-hydrogen) atoms. The summed E-state index contributed by atoms with van der Waals surface area (Å²) in [6.07, 6.45) is 5.11. The van der Waals surface area contributed by atoms with Crippen molar-refractivity contribution in [3.8, 4) is 11.1 Å². The van der Waals surface area contributed by atoms with Crippen LogP contribution < -0.4 is 0 Å². The fourth-order valence-corrected chi connectivity index (χ4v) is 3.34. The number of benzene rings is 2. The van der Waals surface area contributed by atoms with Gasteiger partial charge in [-0.2, -0.15) is 0 Å². The van der Waals surface area contributed by atoms with Crippen molar-refractivity contribution >= 4 is 0 Å². The highest BCUT2D eigenvalue weighted by Gasteiger charge is 2.41. The zero-order valence-corrected chi connectivity index (χ0v) is 10.1. The van der Waals surface area contributed by atoms with Gasteiger partial charge in [-0.05, 0) is 34.8 Å². The fraction of sp³-hybridized carbons (Fsp3) is 0.176. The van der Waals surface area contributed by atoms with Gasteiger partial charge in [0.1, 0.15) is 0 Å². The van der Waals surface area contributed by atoms with E-state index in [0.717, 1.165) is 13.0 Å². The molecule has 1 aliphatic carbocycles. The maximum Gasteiger partial charge on any atom is 0.0888 e. The van der Waals surface area contributed by atoms with Crippen molar-refractivity contribution < 1.29 is 4.74 Å². The molecule has 0 saturated heterocycles. The second kappa shape index (κ2) is 3.49. The highest BCUT2D eigenvalue weighted by Crippen LogP contribution is 2.52. The Kier molecular flexibility index (Phi) is 1.93. The summed E-state index contributed by atoms with van der Waals surface area (Å²) in [5.74, 6) is 0. The summed E-state index contributed by atoms with van der Waals surface area (Å²) < 4.78 is 5.41. The number of ether oxygens (including phenoxy) is 1. The number of hydrogen-bond donors (Lipinski definition) is 0. The molecule has 0 fully saturated rings. The van der Waals surface area contributed by atoms with Crippen LogP contribution in [0.5, 0.6) is 0 Å². The van der Waals surface area contributed by atoms with Crippen molar-refractivity contribution in [2.24, 2.45) is 0 Å². The van der Waals surface area contributed by atoms with Gasteiger partial charge >= 0.3 is 0 Å². The maximum absolute atomic E-state index is 5.41. The molecule has 1 heterocycles. The third-order valence-electron chi connectivity index (χ3n) is 4.17. The summed E-state index contributed by atoms with van der Waals surface area (Å²) in [6, 6.07) is 17.5. The van der Waals surface area contributed by atoms with E-state index >= 15 is 0 Å². The third kappa shape index (κ3) is 1.11. The first-order chi connectivity index (χ1) is 8.92. The average molecular weight is 234 g/mol. The summed E-state index contributed by atoms with van der Waals surface area (Å²) in [4.78, 5) is 0. The molecule has 0 aromatic heterocycles. The molecule has 0 amide bonds. The lowest BCUT2D eigenvalue weighted by Crippen LogP contribution is -2.26. The minimum Gasteiger partial charge on any atom is -0.501 e. The van der Waals surface area contributed by atoms with Crippen LogP contribution in [0.3, 0.4) is 0 Å². The highest BCUT2D eigenvalue weighted by molar-refractivity contribution is 5.82. The Morgan fingerprint density at radius 2 is 1.44 bits per heavy atom. The molecule has 2 aliphatic rings. The molecule has 1 heteroatoms. The smallest absolute Gasteiger partial charge is 0.0888 e. The molecular formula is C17H14O. The lowest BCUT2D eigenvalue weighted by Gasteiger charge is -2.31. The molecule has 2 aromatic carbocycles. The van der Waals surface area contributed by atoms with E-state index in [2.05, 4.69) is 54.6 Å². The molecule has 0 N–H and O–H groups in total. The van der Waals surface area contributed by atoms with Gasteiger partial charge in [0.05, 0.1) is 12.9 Å². The molecule has 88 valence electrons. The molecule has 4 rings (SSSR count). The van der Waals surface area contributed by atoms with Crippen molar-refractivity contribution in [2.45, 2.75) is 11.8 Å². The Morgan fingerprint density at radius 1 is 0.833 bits per heavy atom. The zero-order valence-electron chi connectivity index (χ0n) is 10.1. The second-order valence-corrected chi connectivity index (χ2v) is 4.99. The first-order valence-corrected chi connectivity index (χ1v) is 6.40. The van der Waals surface area contributed by atoms with Crippen LogP contribution in [0.15, 0.2) is 60.9 Å². The van der Waals surface area contributed by atoms with E-state index in [9.17, 15) is 0 Å². The summed E-state index contributed by atoms with van der Waals surface area (Å²) >= 11 is 0. The minimum absolute atomic E-state index is 0.0332. The van der Waals surface area contributed by atoms with Crippen LogP contribution in [0.4, 0.5) is 0 Å². The Balaban J connectivity index is 2.09. The maximum atomic E-state index is 5.41. The predicted molar refractivity (Wildman–Crippen MR) is 72.4 cm³/mol. The second-order valence-electron chi connectivity index (χ2n) is 4.99. The monoisotopic (exact) mass is 234 g/mol. The Bertz CT molecular complexity index is 594. The van der Waals surface area contributed by atoms with Gasteiger partial charge in [0.25, 0.3) is 0 Å². The third-order valence-corrected chi connectivity index (χ3v) is 4.17. The van der Waals surface area contributed by atoms with Gasteiger partial charge in [-0.25, -0.2) is 0 Å². The minimum atomic E-state index is 0.0332. The Morgan fingerprint density at radius 3 is 2.00 bits per heavy atom. The van der Waals surface area contributed by atoms with E-state index in [1.165, 1.54) is 22.3 Å². The molecule has 1 spiro atoms.